The molecule has 10 nitrogen and oxygen atoms in total. The smallest absolute Gasteiger partial charge is 0.264 e. The number of fused-ring (bicyclic) bond motifs is 2. The molecule has 6 rings (SSSR count). The Morgan fingerprint density at radius 2 is 1.95 bits per heavy atom. The normalized spacial score (nSPS) is 12.9. The van der Waals surface area contributed by atoms with Gasteiger partial charge in [0.15, 0.2) is 11.5 Å². The number of nitrogens with one attached hydrogen (secondary N) is 1. The lowest BCUT2D eigenvalue weighted by molar-refractivity contribution is 0.0941. The standard InChI is InChI=1S/C30H24N8O2/c1-19(34-29(39)26-27(31)35-37-15-7-14-32-28(26)37)24-16-22-9-6-8-21(13-12-20-17-33-36(2)18-20)25(22)30(40)38(24)23-10-4-3-5-11-23/h3-11,14-19H,1-2H3,(H2,31,35)(H,34,39)/t19-/m0/s1/i19D. The molecule has 1 atom stereocenters. The van der Waals surface area contributed by atoms with Crippen molar-refractivity contribution in [3.63, 3.8) is 0 Å². The molecule has 0 saturated carbocycles. The van der Waals surface area contributed by atoms with Gasteiger partial charge in [0.2, 0.25) is 0 Å². The van der Waals surface area contributed by atoms with Crippen molar-refractivity contribution in [3.8, 4) is 17.5 Å². The van der Waals surface area contributed by atoms with Gasteiger partial charge in [-0.2, -0.15) is 5.10 Å². The topological polar surface area (TPSA) is 125 Å². The molecular formula is C30H24N8O2. The van der Waals surface area contributed by atoms with E-state index in [2.05, 4.69) is 32.3 Å². The molecule has 1 amide bonds. The van der Waals surface area contributed by atoms with E-state index < -0.39 is 11.9 Å². The quantitative estimate of drug-likeness (QED) is 0.338. The Morgan fingerprint density at radius 3 is 2.73 bits per heavy atom. The molecule has 40 heavy (non-hydrogen) atoms. The fourth-order valence-corrected chi connectivity index (χ4v) is 4.62. The van der Waals surface area contributed by atoms with Crippen LogP contribution >= 0.6 is 0 Å². The maximum absolute atomic E-state index is 14.2. The van der Waals surface area contributed by atoms with Gasteiger partial charge in [0.25, 0.3) is 11.5 Å². The molecule has 0 aliphatic carbocycles. The Kier molecular flexibility index (Phi) is 5.79. The maximum atomic E-state index is 14.2. The van der Waals surface area contributed by atoms with Crippen LogP contribution in [-0.2, 0) is 7.05 Å². The minimum absolute atomic E-state index is 0.0206. The van der Waals surface area contributed by atoms with Gasteiger partial charge in [0, 0.05) is 42.6 Å². The first-order valence-corrected chi connectivity index (χ1v) is 12.4. The van der Waals surface area contributed by atoms with E-state index in [9.17, 15) is 11.0 Å². The monoisotopic (exact) mass is 529 g/mol. The second kappa shape index (κ2) is 9.89. The number of anilines is 1. The zero-order valence-electron chi connectivity index (χ0n) is 22.7. The van der Waals surface area contributed by atoms with Crippen LogP contribution in [0, 0.1) is 11.8 Å². The SMILES string of the molecule is [2H][C@@](C)(NC(=O)c1c(N)nn2cccnc12)c1cc2cccc(C#Cc3cnn(C)c3)c2c(=O)n1-c1ccccc1. The third kappa shape index (κ3) is 4.35. The first-order valence-electron chi connectivity index (χ1n) is 12.9. The highest BCUT2D eigenvalue weighted by Gasteiger charge is 2.23. The molecule has 3 N–H and O–H groups in total. The number of rotatable bonds is 4. The maximum Gasteiger partial charge on any atom is 0.264 e. The fraction of sp³-hybridized carbons (Fsp3) is 0.100. The van der Waals surface area contributed by atoms with Crippen LogP contribution < -0.4 is 16.6 Å². The van der Waals surface area contributed by atoms with E-state index in [1.807, 2.05) is 6.07 Å². The highest BCUT2D eigenvalue weighted by atomic mass is 16.2. The number of pyridine rings is 1. The lowest BCUT2D eigenvalue weighted by Gasteiger charge is -2.21. The molecule has 6 aromatic rings. The second-order valence-corrected chi connectivity index (χ2v) is 9.16. The van der Waals surface area contributed by atoms with Crippen LogP contribution in [0.5, 0.6) is 0 Å². The average Bonchev–Trinajstić information content (AvgIpc) is 3.53. The van der Waals surface area contributed by atoms with Gasteiger partial charge in [-0.05, 0) is 42.6 Å². The number of nitrogens with zero attached hydrogens (tertiary/aromatic N) is 6. The lowest BCUT2D eigenvalue weighted by Crippen LogP contribution is -2.32. The van der Waals surface area contributed by atoms with Gasteiger partial charge in [-0.15, -0.1) is 5.10 Å². The predicted octanol–water partition coefficient (Wildman–Crippen LogP) is 3.24. The van der Waals surface area contributed by atoms with E-state index in [0.29, 0.717) is 27.6 Å². The van der Waals surface area contributed by atoms with Crippen molar-refractivity contribution in [2.24, 2.45) is 7.05 Å². The molecule has 0 bridgehead atoms. The number of nitrogen functional groups attached to an aromatic ring is 1. The van der Waals surface area contributed by atoms with Gasteiger partial charge >= 0.3 is 0 Å². The van der Waals surface area contributed by atoms with Crippen LogP contribution in [-0.4, -0.2) is 34.9 Å². The summed E-state index contributed by atoms with van der Waals surface area (Å²) in [4.78, 5) is 31.9. The van der Waals surface area contributed by atoms with Gasteiger partial charge in [0.05, 0.1) is 24.5 Å². The summed E-state index contributed by atoms with van der Waals surface area (Å²) in [5.41, 5.74) is 8.02. The predicted molar refractivity (Wildman–Crippen MR) is 152 cm³/mol. The number of carbonyl (C=O) groups is 1. The molecular weight excluding hydrogens is 504 g/mol. The number of nitrogens with two attached hydrogens (primary N) is 1. The van der Waals surface area contributed by atoms with Gasteiger partial charge in [-0.25, -0.2) is 9.50 Å². The summed E-state index contributed by atoms with van der Waals surface area (Å²) in [5.74, 6) is 5.51. The van der Waals surface area contributed by atoms with Crippen LogP contribution in [0.2, 0.25) is 0 Å². The lowest BCUT2D eigenvalue weighted by atomic mass is 10.0. The molecule has 0 spiro atoms. The zero-order chi connectivity index (χ0) is 28.7. The summed E-state index contributed by atoms with van der Waals surface area (Å²) in [6.07, 6.45) is 6.59. The number of amides is 1. The van der Waals surface area contributed by atoms with E-state index in [0.717, 1.165) is 0 Å². The van der Waals surface area contributed by atoms with Crippen molar-refractivity contribution >= 4 is 28.1 Å². The molecule has 4 heterocycles. The molecule has 10 heteroatoms. The van der Waals surface area contributed by atoms with Gasteiger partial charge < -0.3 is 11.1 Å². The van der Waals surface area contributed by atoms with Crippen molar-refractivity contribution in [2.45, 2.75) is 12.9 Å². The number of hydrogen-bond acceptors (Lipinski definition) is 6. The van der Waals surface area contributed by atoms with E-state index in [-0.39, 0.29) is 28.3 Å². The molecule has 0 aliphatic rings. The van der Waals surface area contributed by atoms with Crippen LogP contribution in [0.1, 0.15) is 41.5 Å². The molecule has 0 aliphatic heterocycles. The summed E-state index contributed by atoms with van der Waals surface area (Å²) in [6.45, 7) is 1.51. The second-order valence-electron chi connectivity index (χ2n) is 9.16. The summed E-state index contributed by atoms with van der Waals surface area (Å²) >= 11 is 0. The van der Waals surface area contributed by atoms with Crippen molar-refractivity contribution in [2.75, 3.05) is 5.73 Å². The minimum atomic E-state index is -1.77. The average molecular weight is 530 g/mol. The molecule has 0 saturated heterocycles. The number of aromatic nitrogens is 6. The van der Waals surface area contributed by atoms with Crippen LogP contribution in [0.4, 0.5) is 5.82 Å². The summed E-state index contributed by atoms with van der Waals surface area (Å²) < 4.78 is 13.8. The molecule has 0 radical (unpaired) electrons. The van der Waals surface area contributed by atoms with Gasteiger partial charge in [-0.3, -0.25) is 18.8 Å². The molecule has 196 valence electrons. The third-order valence-electron chi connectivity index (χ3n) is 6.44. The van der Waals surface area contributed by atoms with E-state index in [1.165, 1.54) is 22.2 Å². The van der Waals surface area contributed by atoms with Gasteiger partial charge in [-0.1, -0.05) is 42.2 Å². The Hall–Kier alpha value is -5.69. The fourth-order valence-electron chi connectivity index (χ4n) is 4.62. The van der Waals surface area contributed by atoms with Crippen molar-refractivity contribution < 1.29 is 6.17 Å². The molecule has 4 aromatic heterocycles. The number of hydrogen-bond donors (Lipinski definition) is 2. The summed E-state index contributed by atoms with van der Waals surface area (Å²) in [5, 5.41) is 12.0. The number of para-hydroxylation sites is 1. The van der Waals surface area contributed by atoms with Crippen molar-refractivity contribution in [1.82, 2.24) is 34.3 Å². The number of benzene rings is 2. The molecule has 0 unspecified atom stereocenters. The number of carbonyl (C=O) groups excluding carboxylic acids is 1. The molecule has 0 fully saturated rings. The highest BCUT2D eigenvalue weighted by molar-refractivity contribution is 6.04. The van der Waals surface area contributed by atoms with Crippen LogP contribution in [0.25, 0.3) is 22.1 Å². The Labute approximate surface area is 230 Å². The number of aryl methyl sites for hydroxylation is 1. The first kappa shape index (κ1) is 23.4. The van der Waals surface area contributed by atoms with E-state index >= 15 is 0 Å². The minimum Gasteiger partial charge on any atom is -0.381 e. The Morgan fingerprint density at radius 1 is 1.12 bits per heavy atom. The van der Waals surface area contributed by atoms with Crippen LogP contribution in [0.3, 0.4) is 0 Å². The third-order valence-corrected chi connectivity index (χ3v) is 6.44. The summed E-state index contributed by atoms with van der Waals surface area (Å²) in [6, 6.07) is 16.0. The van der Waals surface area contributed by atoms with Crippen molar-refractivity contribution in [3.05, 3.63) is 118 Å². The largest absolute Gasteiger partial charge is 0.381 e. The van der Waals surface area contributed by atoms with Gasteiger partial charge in [0.1, 0.15) is 5.56 Å². The van der Waals surface area contributed by atoms with Crippen LogP contribution in [0.15, 0.2) is 90.2 Å². The zero-order valence-corrected chi connectivity index (χ0v) is 21.7. The van der Waals surface area contributed by atoms with E-state index in [1.54, 1.807) is 84.9 Å². The Balaban J connectivity index is 1.52. The van der Waals surface area contributed by atoms with Crippen molar-refractivity contribution in [1.29, 1.82) is 0 Å². The highest BCUT2D eigenvalue weighted by Crippen LogP contribution is 2.24. The van der Waals surface area contributed by atoms with E-state index in [4.69, 9.17) is 5.73 Å². The first-order chi connectivity index (χ1) is 19.7. The summed E-state index contributed by atoms with van der Waals surface area (Å²) in [7, 11) is 1.81. The Bertz CT molecular complexity index is 2080. The molecule has 2 aromatic carbocycles.